The van der Waals surface area contributed by atoms with Crippen molar-refractivity contribution in [2.75, 3.05) is 33.9 Å². The van der Waals surface area contributed by atoms with Crippen LogP contribution in [0.4, 0.5) is 0 Å². The molecule has 1 aliphatic heterocycles. The second-order valence-electron chi connectivity index (χ2n) is 4.11. The van der Waals surface area contributed by atoms with E-state index in [-0.39, 0.29) is 18.3 Å². The van der Waals surface area contributed by atoms with Crippen LogP contribution < -0.4 is 0 Å². The highest BCUT2D eigenvalue weighted by Crippen LogP contribution is 2.08. The fourth-order valence-corrected chi connectivity index (χ4v) is 1.52. The van der Waals surface area contributed by atoms with Crippen molar-refractivity contribution in [2.45, 2.75) is 19.8 Å². The van der Waals surface area contributed by atoms with Crippen LogP contribution >= 0.6 is 12.4 Å². The highest BCUT2D eigenvalue weighted by atomic mass is 35.5. The Balaban J connectivity index is 0.00000225. The third kappa shape index (κ3) is 4.86. The summed E-state index contributed by atoms with van der Waals surface area (Å²) in [7, 11) is 4.05. The van der Waals surface area contributed by atoms with Crippen LogP contribution in [0, 0.1) is 0 Å². The molecule has 0 fully saturated rings. The molecule has 0 aromatic heterocycles. The Hall–Kier alpha value is -0.740. The molecule has 1 heterocycles. The highest BCUT2D eigenvalue weighted by Gasteiger charge is 2.16. The van der Waals surface area contributed by atoms with Crippen LogP contribution in [0.1, 0.15) is 19.8 Å². The number of rotatable bonds is 5. The molecule has 94 valence electrons. The van der Waals surface area contributed by atoms with Crippen molar-refractivity contribution < 1.29 is 4.79 Å². The van der Waals surface area contributed by atoms with Crippen LogP contribution in [-0.4, -0.2) is 54.5 Å². The van der Waals surface area contributed by atoms with Gasteiger partial charge in [0, 0.05) is 25.4 Å². The first-order valence-corrected chi connectivity index (χ1v) is 5.50. The van der Waals surface area contributed by atoms with Gasteiger partial charge in [0.1, 0.15) is 0 Å². The molecular weight excluding hydrogens is 226 g/mol. The van der Waals surface area contributed by atoms with E-state index < -0.39 is 0 Å². The lowest BCUT2D eigenvalue weighted by atomic mass is 10.3. The van der Waals surface area contributed by atoms with E-state index in [0.29, 0.717) is 6.42 Å². The minimum absolute atomic E-state index is 0. The number of halogens is 1. The summed E-state index contributed by atoms with van der Waals surface area (Å²) in [6.07, 6.45) is 5.42. The normalized spacial score (nSPS) is 14.5. The van der Waals surface area contributed by atoms with E-state index in [9.17, 15) is 4.79 Å². The lowest BCUT2D eigenvalue weighted by molar-refractivity contribution is -0.129. The van der Waals surface area contributed by atoms with Crippen LogP contribution in [0.2, 0.25) is 0 Å². The predicted octanol–water partition coefficient (Wildman–Crippen LogP) is 1.34. The summed E-state index contributed by atoms with van der Waals surface area (Å²) in [5.74, 6) is 0.226. The second kappa shape index (κ2) is 7.52. The molecule has 0 saturated carbocycles. The molecule has 0 aliphatic carbocycles. The van der Waals surface area contributed by atoms with Gasteiger partial charge in [0.05, 0.1) is 6.67 Å². The number of carbonyl (C=O) groups is 1. The lowest BCUT2D eigenvalue weighted by Crippen LogP contribution is -2.30. The zero-order valence-electron chi connectivity index (χ0n) is 10.3. The van der Waals surface area contributed by atoms with Crippen molar-refractivity contribution in [3.8, 4) is 0 Å². The number of amides is 1. The minimum atomic E-state index is 0. The van der Waals surface area contributed by atoms with Crippen molar-refractivity contribution in [1.29, 1.82) is 0 Å². The Morgan fingerprint density at radius 3 is 2.56 bits per heavy atom. The molecule has 1 aliphatic rings. The lowest BCUT2D eigenvalue weighted by Gasteiger charge is -2.18. The average molecular weight is 248 g/mol. The molecule has 16 heavy (non-hydrogen) atoms. The summed E-state index contributed by atoms with van der Waals surface area (Å²) < 4.78 is 0. The van der Waals surface area contributed by atoms with Crippen LogP contribution in [-0.2, 0) is 4.79 Å². The maximum atomic E-state index is 11.7. The topological polar surface area (TPSA) is 26.8 Å². The first kappa shape index (κ1) is 15.3. The Morgan fingerprint density at radius 2 is 2.06 bits per heavy atom. The van der Waals surface area contributed by atoms with Gasteiger partial charge in [-0.2, -0.15) is 0 Å². The summed E-state index contributed by atoms with van der Waals surface area (Å²) in [4.78, 5) is 17.7. The molecule has 0 spiro atoms. The van der Waals surface area contributed by atoms with E-state index in [1.54, 1.807) is 4.90 Å². The molecule has 0 atom stereocenters. The van der Waals surface area contributed by atoms with Crippen molar-refractivity contribution in [3.63, 3.8) is 0 Å². The first-order chi connectivity index (χ1) is 7.13. The summed E-state index contributed by atoms with van der Waals surface area (Å²) >= 11 is 0. The molecule has 0 bridgehead atoms. The van der Waals surface area contributed by atoms with E-state index in [0.717, 1.165) is 26.2 Å². The zero-order chi connectivity index (χ0) is 11.3. The molecule has 1 amide bonds. The summed E-state index contributed by atoms with van der Waals surface area (Å²) in [6.45, 7) is 4.74. The van der Waals surface area contributed by atoms with E-state index in [1.165, 1.54) is 0 Å². The van der Waals surface area contributed by atoms with E-state index in [2.05, 4.69) is 16.7 Å². The molecule has 1 rings (SSSR count). The van der Waals surface area contributed by atoms with Crippen molar-refractivity contribution >= 4 is 18.3 Å². The Morgan fingerprint density at radius 1 is 1.38 bits per heavy atom. The summed E-state index contributed by atoms with van der Waals surface area (Å²) in [5.41, 5.74) is 0. The largest absolute Gasteiger partial charge is 0.358 e. The van der Waals surface area contributed by atoms with Crippen LogP contribution in [0.15, 0.2) is 12.4 Å². The monoisotopic (exact) mass is 247 g/mol. The molecule has 4 nitrogen and oxygen atoms in total. The van der Waals surface area contributed by atoms with Crippen molar-refractivity contribution in [1.82, 2.24) is 14.7 Å². The molecule has 0 radical (unpaired) electrons. The van der Waals surface area contributed by atoms with E-state index in [4.69, 9.17) is 0 Å². The maximum absolute atomic E-state index is 11.7. The number of hydrogen-bond acceptors (Lipinski definition) is 3. The van der Waals surface area contributed by atoms with Gasteiger partial charge in [-0.15, -0.1) is 12.4 Å². The average Bonchev–Trinajstić information content (AvgIpc) is 2.65. The predicted molar refractivity (Wildman–Crippen MR) is 68.3 cm³/mol. The smallest absolute Gasteiger partial charge is 0.228 e. The van der Waals surface area contributed by atoms with Gasteiger partial charge in [-0.3, -0.25) is 9.69 Å². The SMILES string of the molecule is CCN1C=CN(C(=O)CCCN(C)C)C1.Cl. The molecule has 0 aromatic carbocycles. The molecule has 0 saturated heterocycles. The van der Waals surface area contributed by atoms with Gasteiger partial charge in [-0.05, 0) is 34.0 Å². The highest BCUT2D eigenvalue weighted by molar-refractivity contribution is 5.85. The quantitative estimate of drug-likeness (QED) is 0.734. The zero-order valence-corrected chi connectivity index (χ0v) is 11.2. The van der Waals surface area contributed by atoms with Crippen molar-refractivity contribution in [2.24, 2.45) is 0 Å². The number of nitrogens with zero attached hydrogens (tertiary/aromatic N) is 3. The molecule has 5 heteroatoms. The third-order valence-electron chi connectivity index (χ3n) is 2.51. The molecular formula is C11H22ClN3O. The third-order valence-corrected chi connectivity index (χ3v) is 2.51. The molecule has 0 unspecified atom stereocenters. The maximum Gasteiger partial charge on any atom is 0.228 e. The van der Waals surface area contributed by atoms with Crippen molar-refractivity contribution in [3.05, 3.63) is 12.4 Å². The summed E-state index contributed by atoms with van der Waals surface area (Å²) in [6, 6.07) is 0. The standard InChI is InChI=1S/C11H21N3O.ClH/c1-4-13-8-9-14(10-13)11(15)6-5-7-12(2)3;/h8-9H,4-7,10H2,1-3H3;1H. The Labute approximate surface area is 104 Å². The van der Waals surface area contributed by atoms with Gasteiger partial charge in [0.15, 0.2) is 0 Å². The van der Waals surface area contributed by atoms with Gasteiger partial charge >= 0.3 is 0 Å². The Kier molecular flexibility index (Phi) is 7.17. The molecule has 0 aromatic rings. The van der Waals surface area contributed by atoms with Gasteiger partial charge in [0.2, 0.25) is 5.91 Å². The van der Waals surface area contributed by atoms with Gasteiger partial charge in [0.25, 0.3) is 0 Å². The van der Waals surface area contributed by atoms with Crippen LogP contribution in [0.25, 0.3) is 0 Å². The fourth-order valence-electron chi connectivity index (χ4n) is 1.52. The first-order valence-electron chi connectivity index (χ1n) is 5.50. The number of carbonyl (C=O) groups excluding carboxylic acids is 1. The fraction of sp³-hybridized carbons (Fsp3) is 0.727. The second-order valence-corrected chi connectivity index (χ2v) is 4.11. The summed E-state index contributed by atoms with van der Waals surface area (Å²) in [5, 5.41) is 0. The number of hydrogen-bond donors (Lipinski definition) is 0. The molecule has 0 N–H and O–H groups in total. The van der Waals surface area contributed by atoms with Gasteiger partial charge < -0.3 is 9.80 Å². The van der Waals surface area contributed by atoms with E-state index >= 15 is 0 Å². The van der Waals surface area contributed by atoms with Crippen LogP contribution in [0.5, 0.6) is 0 Å². The minimum Gasteiger partial charge on any atom is -0.358 e. The Bertz CT molecular complexity index is 243. The van der Waals surface area contributed by atoms with E-state index in [1.807, 2.05) is 26.5 Å². The van der Waals surface area contributed by atoms with Crippen LogP contribution in [0.3, 0.4) is 0 Å². The van der Waals surface area contributed by atoms with Gasteiger partial charge in [-0.25, -0.2) is 0 Å². The van der Waals surface area contributed by atoms with Gasteiger partial charge in [-0.1, -0.05) is 0 Å².